The Morgan fingerprint density at radius 3 is 2.10 bits per heavy atom. The number of sulfonamides is 1. The van der Waals surface area contributed by atoms with Crippen molar-refractivity contribution < 1.29 is 8.42 Å². The van der Waals surface area contributed by atoms with Gasteiger partial charge >= 0.3 is 0 Å². The van der Waals surface area contributed by atoms with Gasteiger partial charge in [0.05, 0.1) is 10.0 Å². The lowest BCUT2D eigenvalue weighted by molar-refractivity contribution is 0.601. The lowest BCUT2D eigenvalue weighted by atomic mass is 10.1. The molecule has 0 saturated heterocycles. The first-order chi connectivity index (χ1) is 9.70. The SMILES string of the molecule is Cc1ccc(NS(=O)(=O)c2c(Cl)cc(N)cc2Cl)cc1C. The maximum Gasteiger partial charge on any atom is 0.264 e. The Morgan fingerprint density at radius 1 is 1.00 bits per heavy atom. The van der Waals surface area contributed by atoms with Gasteiger partial charge in [-0.3, -0.25) is 4.72 Å². The third-order valence-electron chi connectivity index (χ3n) is 3.05. The van der Waals surface area contributed by atoms with Gasteiger partial charge in [-0.2, -0.15) is 0 Å². The molecule has 0 saturated carbocycles. The summed E-state index contributed by atoms with van der Waals surface area (Å²) in [6.07, 6.45) is 0. The van der Waals surface area contributed by atoms with E-state index >= 15 is 0 Å². The van der Waals surface area contributed by atoms with Gasteiger partial charge in [-0.15, -0.1) is 0 Å². The lowest BCUT2D eigenvalue weighted by Gasteiger charge is -2.12. The molecule has 112 valence electrons. The number of hydrogen-bond donors (Lipinski definition) is 2. The van der Waals surface area contributed by atoms with Gasteiger partial charge in [0.15, 0.2) is 0 Å². The van der Waals surface area contributed by atoms with Gasteiger partial charge in [0, 0.05) is 11.4 Å². The van der Waals surface area contributed by atoms with Crippen LogP contribution in [0.5, 0.6) is 0 Å². The van der Waals surface area contributed by atoms with Crippen molar-refractivity contribution in [3.05, 3.63) is 51.5 Å². The highest BCUT2D eigenvalue weighted by Crippen LogP contribution is 2.33. The second-order valence-electron chi connectivity index (χ2n) is 4.72. The number of nitrogens with two attached hydrogens (primary N) is 1. The Labute approximate surface area is 133 Å². The van der Waals surface area contributed by atoms with Crippen LogP contribution in [0.1, 0.15) is 11.1 Å². The third-order valence-corrected chi connectivity index (χ3v) is 5.35. The van der Waals surface area contributed by atoms with Gasteiger partial charge in [-0.25, -0.2) is 8.42 Å². The quantitative estimate of drug-likeness (QED) is 0.826. The number of anilines is 2. The number of nitrogen functional groups attached to an aromatic ring is 1. The number of rotatable bonds is 3. The lowest BCUT2D eigenvalue weighted by Crippen LogP contribution is -2.14. The number of aryl methyl sites for hydroxylation is 2. The normalized spacial score (nSPS) is 11.4. The molecule has 0 aromatic heterocycles. The topological polar surface area (TPSA) is 72.2 Å². The maximum absolute atomic E-state index is 12.4. The molecule has 0 spiro atoms. The molecule has 3 N–H and O–H groups in total. The van der Waals surface area contributed by atoms with Crippen molar-refractivity contribution in [1.82, 2.24) is 0 Å². The fraction of sp³-hybridized carbons (Fsp3) is 0.143. The van der Waals surface area contributed by atoms with Gasteiger partial charge in [0.1, 0.15) is 4.90 Å². The summed E-state index contributed by atoms with van der Waals surface area (Å²) in [6, 6.07) is 7.95. The van der Waals surface area contributed by atoms with Crippen LogP contribution in [-0.2, 0) is 10.0 Å². The Balaban J connectivity index is 2.46. The predicted molar refractivity (Wildman–Crippen MR) is 87.6 cm³/mol. The van der Waals surface area contributed by atoms with Crippen LogP contribution < -0.4 is 10.5 Å². The monoisotopic (exact) mass is 344 g/mol. The van der Waals surface area contributed by atoms with Crippen molar-refractivity contribution >= 4 is 44.6 Å². The minimum absolute atomic E-state index is 0.0173. The van der Waals surface area contributed by atoms with Crippen molar-refractivity contribution in [2.75, 3.05) is 10.5 Å². The van der Waals surface area contributed by atoms with Gasteiger partial charge in [0.25, 0.3) is 10.0 Å². The number of nitrogens with one attached hydrogen (secondary N) is 1. The van der Waals surface area contributed by atoms with Crippen molar-refractivity contribution in [2.45, 2.75) is 18.7 Å². The fourth-order valence-corrected chi connectivity index (χ4v) is 4.13. The minimum Gasteiger partial charge on any atom is -0.399 e. The zero-order chi connectivity index (χ0) is 15.8. The number of halogens is 2. The van der Waals surface area contributed by atoms with E-state index in [4.69, 9.17) is 28.9 Å². The van der Waals surface area contributed by atoms with Crippen LogP contribution >= 0.6 is 23.2 Å². The first kappa shape index (κ1) is 15.9. The van der Waals surface area contributed by atoms with Crippen molar-refractivity contribution in [2.24, 2.45) is 0 Å². The van der Waals surface area contributed by atoms with Crippen LogP contribution in [0.4, 0.5) is 11.4 Å². The zero-order valence-corrected chi connectivity index (χ0v) is 13.8. The molecular weight excluding hydrogens is 331 g/mol. The molecule has 2 aromatic carbocycles. The summed E-state index contributed by atoms with van der Waals surface area (Å²) >= 11 is 11.9. The van der Waals surface area contributed by atoms with Crippen molar-refractivity contribution in [3.8, 4) is 0 Å². The van der Waals surface area contributed by atoms with Gasteiger partial charge in [0.2, 0.25) is 0 Å². The van der Waals surface area contributed by atoms with E-state index in [1.165, 1.54) is 12.1 Å². The van der Waals surface area contributed by atoms with Gasteiger partial charge in [-0.05, 0) is 49.2 Å². The average Bonchev–Trinajstić information content (AvgIpc) is 2.31. The molecule has 0 aliphatic rings. The number of hydrogen-bond acceptors (Lipinski definition) is 3. The van der Waals surface area contributed by atoms with E-state index < -0.39 is 10.0 Å². The minimum atomic E-state index is -3.89. The Morgan fingerprint density at radius 2 is 1.57 bits per heavy atom. The van der Waals surface area contributed by atoms with Crippen LogP contribution in [0.3, 0.4) is 0 Å². The van der Waals surface area contributed by atoms with Crippen LogP contribution in [0.2, 0.25) is 10.0 Å². The molecule has 21 heavy (non-hydrogen) atoms. The molecule has 0 bridgehead atoms. The highest BCUT2D eigenvalue weighted by atomic mass is 35.5. The van der Waals surface area contributed by atoms with Crippen molar-refractivity contribution in [3.63, 3.8) is 0 Å². The summed E-state index contributed by atoms with van der Waals surface area (Å²) in [5.74, 6) is 0. The summed E-state index contributed by atoms with van der Waals surface area (Å²) in [5, 5.41) is -0.0346. The van der Waals surface area contributed by atoms with E-state index in [-0.39, 0.29) is 14.9 Å². The smallest absolute Gasteiger partial charge is 0.264 e. The van der Waals surface area contributed by atoms with E-state index in [2.05, 4.69) is 4.72 Å². The highest BCUT2D eigenvalue weighted by Gasteiger charge is 2.22. The molecule has 0 atom stereocenters. The third kappa shape index (κ3) is 3.43. The molecule has 0 fully saturated rings. The van der Waals surface area contributed by atoms with Crippen LogP contribution in [-0.4, -0.2) is 8.42 Å². The molecule has 0 amide bonds. The van der Waals surface area contributed by atoms with E-state index in [0.29, 0.717) is 11.4 Å². The average molecular weight is 345 g/mol. The summed E-state index contributed by atoms with van der Waals surface area (Å²) in [5.41, 5.74) is 8.37. The highest BCUT2D eigenvalue weighted by molar-refractivity contribution is 7.93. The Bertz CT molecular complexity index is 782. The summed E-state index contributed by atoms with van der Waals surface area (Å²) in [6.45, 7) is 3.84. The zero-order valence-electron chi connectivity index (χ0n) is 11.4. The second-order valence-corrected chi connectivity index (χ2v) is 7.15. The predicted octanol–water partition coefficient (Wildman–Crippen LogP) is 3.99. The second kappa shape index (κ2) is 5.75. The van der Waals surface area contributed by atoms with E-state index in [1.807, 2.05) is 19.9 Å². The molecule has 0 aliphatic heterocycles. The first-order valence-electron chi connectivity index (χ1n) is 6.05. The van der Waals surface area contributed by atoms with E-state index in [1.54, 1.807) is 12.1 Å². The Kier molecular flexibility index (Phi) is 4.37. The fourth-order valence-electron chi connectivity index (χ4n) is 1.85. The maximum atomic E-state index is 12.4. The number of benzene rings is 2. The molecule has 4 nitrogen and oxygen atoms in total. The van der Waals surface area contributed by atoms with Gasteiger partial charge < -0.3 is 5.73 Å². The standard InChI is InChI=1S/C14H14Cl2N2O2S/c1-8-3-4-11(5-9(8)2)18-21(19,20)14-12(15)6-10(17)7-13(14)16/h3-7,18H,17H2,1-2H3. The van der Waals surface area contributed by atoms with Gasteiger partial charge in [-0.1, -0.05) is 29.3 Å². The van der Waals surface area contributed by atoms with Crippen LogP contribution in [0.25, 0.3) is 0 Å². The molecule has 0 radical (unpaired) electrons. The van der Waals surface area contributed by atoms with E-state index in [9.17, 15) is 8.42 Å². The molecule has 2 aromatic rings. The molecule has 0 heterocycles. The molecule has 0 aliphatic carbocycles. The Hall–Kier alpha value is -1.43. The van der Waals surface area contributed by atoms with Crippen LogP contribution in [0, 0.1) is 13.8 Å². The van der Waals surface area contributed by atoms with Crippen molar-refractivity contribution in [1.29, 1.82) is 0 Å². The first-order valence-corrected chi connectivity index (χ1v) is 8.29. The summed E-state index contributed by atoms with van der Waals surface area (Å²) in [4.78, 5) is -0.182. The summed E-state index contributed by atoms with van der Waals surface area (Å²) in [7, 11) is -3.89. The molecule has 2 rings (SSSR count). The summed E-state index contributed by atoms with van der Waals surface area (Å²) < 4.78 is 27.3. The molecule has 7 heteroatoms. The molecular formula is C14H14Cl2N2O2S. The van der Waals surface area contributed by atoms with E-state index in [0.717, 1.165) is 11.1 Å². The molecule has 0 unspecified atom stereocenters. The van der Waals surface area contributed by atoms with Crippen LogP contribution in [0.15, 0.2) is 35.2 Å². The largest absolute Gasteiger partial charge is 0.399 e.